The molecule has 0 fully saturated rings. The average molecular weight is 591 g/mol. The Kier molecular flexibility index (Phi) is 10.4. The third kappa shape index (κ3) is 7.75. The molecule has 0 heterocycles. The van der Waals surface area contributed by atoms with Gasteiger partial charge < -0.3 is 10.2 Å². The molecule has 0 aliphatic rings. The van der Waals surface area contributed by atoms with Crippen LogP contribution in [0.25, 0.3) is 0 Å². The lowest BCUT2D eigenvalue weighted by atomic mass is 10.1. The maximum atomic E-state index is 13.9. The summed E-state index contributed by atoms with van der Waals surface area (Å²) in [4.78, 5) is 28.4. The number of amides is 2. The molecule has 2 atom stereocenters. The van der Waals surface area contributed by atoms with Crippen molar-refractivity contribution >= 4 is 50.7 Å². The van der Waals surface area contributed by atoms with Crippen LogP contribution in [-0.2, 0) is 26.2 Å². The van der Waals surface area contributed by atoms with E-state index < -0.39 is 28.5 Å². The number of benzene rings is 3. The van der Waals surface area contributed by atoms with Crippen molar-refractivity contribution in [2.24, 2.45) is 0 Å². The first-order valence-electron chi connectivity index (χ1n) is 12.6. The number of aryl methyl sites for hydroxylation is 1. The predicted molar refractivity (Wildman–Crippen MR) is 157 cm³/mol. The van der Waals surface area contributed by atoms with E-state index >= 15 is 0 Å². The second-order valence-corrected chi connectivity index (χ2v) is 12.1. The van der Waals surface area contributed by atoms with E-state index in [0.717, 1.165) is 21.9 Å². The number of anilines is 1. The Morgan fingerprint density at radius 2 is 1.64 bits per heavy atom. The van der Waals surface area contributed by atoms with Gasteiger partial charge >= 0.3 is 0 Å². The Morgan fingerprint density at radius 1 is 0.949 bits per heavy atom. The number of carbonyl (C=O) groups is 2. The van der Waals surface area contributed by atoms with Crippen LogP contribution < -0.4 is 9.62 Å². The van der Waals surface area contributed by atoms with Gasteiger partial charge in [-0.05, 0) is 63.1 Å². The van der Waals surface area contributed by atoms with E-state index in [4.69, 9.17) is 23.2 Å². The molecular weight excluding hydrogens is 557 g/mol. The summed E-state index contributed by atoms with van der Waals surface area (Å²) in [5.41, 5.74) is 1.91. The fraction of sp³-hybridized carbons (Fsp3) is 0.310. The second-order valence-electron chi connectivity index (χ2n) is 9.43. The monoisotopic (exact) mass is 589 g/mol. The van der Waals surface area contributed by atoms with E-state index in [1.54, 1.807) is 25.1 Å². The van der Waals surface area contributed by atoms with Crippen molar-refractivity contribution in [1.82, 2.24) is 10.2 Å². The lowest BCUT2D eigenvalue weighted by molar-refractivity contribution is -0.139. The quantitative estimate of drug-likeness (QED) is 0.305. The van der Waals surface area contributed by atoms with Crippen LogP contribution in [0.2, 0.25) is 10.0 Å². The Balaban J connectivity index is 2.05. The summed E-state index contributed by atoms with van der Waals surface area (Å²) in [6, 6.07) is 18.8. The Bertz CT molecular complexity index is 1420. The van der Waals surface area contributed by atoms with Gasteiger partial charge in [-0.25, -0.2) is 8.42 Å². The van der Waals surface area contributed by atoms with Gasteiger partial charge in [0, 0.05) is 17.6 Å². The summed E-state index contributed by atoms with van der Waals surface area (Å²) in [6.07, 6.45) is 0.725. The molecule has 2 amide bonds. The fourth-order valence-corrected chi connectivity index (χ4v) is 5.99. The molecule has 2 unspecified atom stereocenters. The van der Waals surface area contributed by atoms with Crippen molar-refractivity contribution in [3.05, 3.63) is 94.0 Å². The molecular formula is C29H33Cl2N3O4S. The number of hydrogen-bond donors (Lipinski definition) is 1. The van der Waals surface area contributed by atoms with Crippen molar-refractivity contribution in [2.45, 2.75) is 57.6 Å². The SMILES string of the molecule is CCC(C)NC(=O)C(C)N(Cc1cccc(C)c1)C(=O)CN(c1ccc(Cl)cc1Cl)S(=O)(=O)c1ccccc1. The second kappa shape index (κ2) is 13.3. The predicted octanol–water partition coefficient (Wildman–Crippen LogP) is 5.83. The zero-order chi connectivity index (χ0) is 28.7. The van der Waals surface area contributed by atoms with Crippen LogP contribution in [-0.4, -0.2) is 43.8 Å². The van der Waals surface area contributed by atoms with Crippen molar-refractivity contribution in [2.75, 3.05) is 10.8 Å². The molecule has 0 saturated carbocycles. The van der Waals surface area contributed by atoms with Gasteiger partial charge in [-0.15, -0.1) is 0 Å². The van der Waals surface area contributed by atoms with E-state index in [1.807, 2.05) is 45.0 Å². The average Bonchev–Trinajstić information content (AvgIpc) is 2.90. The molecule has 0 spiro atoms. The van der Waals surface area contributed by atoms with E-state index in [9.17, 15) is 18.0 Å². The zero-order valence-electron chi connectivity index (χ0n) is 22.4. The van der Waals surface area contributed by atoms with Crippen molar-refractivity contribution in [3.8, 4) is 0 Å². The van der Waals surface area contributed by atoms with Gasteiger partial charge in [0.2, 0.25) is 11.8 Å². The lowest BCUT2D eigenvalue weighted by Crippen LogP contribution is -2.52. The van der Waals surface area contributed by atoms with Crippen LogP contribution in [0.3, 0.4) is 0 Å². The minimum atomic E-state index is -4.21. The largest absolute Gasteiger partial charge is 0.352 e. The van der Waals surface area contributed by atoms with Gasteiger partial charge in [-0.2, -0.15) is 0 Å². The van der Waals surface area contributed by atoms with Crippen LogP contribution in [0.1, 0.15) is 38.3 Å². The molecule has 3 aromatic carbocycles. The zero-order valence-corrected chi connectivity index (χ0v) is 24.7. The Labute approximate surface area is 240 Å². The molecule has 3 aromatic rings. The molecule has 1 N–H and O–H groups in total. The fourth-order valence-electron chi connectivity index (χ4n) is 3.97. The molecule has 0 radical (unpaired) electrons. The summed E-state index contributed by atoms with van der Waals surface area (Å²) in [6.45, 7) is 6.94. The van der Waals surface area contributed by atoms with E-state index in [0.29, 0.717) is 5.02 Å². The molecule has 0 saturated heterocycles. The third-order valence-electron chi connectivity index (χ3n) is 6.39. The van der Waals surface area contributed by atoms with Crippen LogP contribution in [0, 0.1) is 6.92 Å². The summed E-state index contributed by atoms with van der Waals surface area (Å²) < 4.78 is 28.6. The summed E-state index contributed by atoms with van der Waals surface area (Å²) >= 11 is 12.5. The molecule has 10 heteroatoms. The van der Waals surface area contributed by atoms with Gasteiger partial charge in [0.05, 0.1) is 15.6 Å². The number of sulfonamides is 1. The highest BCUT2D eigenvalue weighted by Gasteiger charge is 2.33. The first-order valence-corrected chi connectivity index (χ1v) is 14.8. The molecule has 0 aromatic heterocycles. The molecule has 0 aliphatic carbocycles. The third-order valence-corrected chi connectivity index (χ3v) is 8.70. The van der Waals surface area contributed by atoms with Crippen LogP contribution in [0.4, 0.5) is 5.69 Å². The normalized spacial score (nSPS) is 12.9. The first-order chi connectivity index (χ1) is 18.4. The maximum Gasteiger partial charge on any atom is 0.264 e. The number of nitrogens with one attached hydrogen (secondary N) is 1. The van der Waals surface area contributed by atoms with E-state index in [2.05, 4.69) is 5.32 Å². The highest BCUT2D eigenvalue weighted by Crippen LogP contribution is 2.33. The minimum absolute atomic E-state index is 0.00314. The van der Waals surface area contributed by atoms with Crippen molar-refractivity contribution in [1.29, 1.82) is 0 Å². The highest BCUT2D eigenvalue weighted by atomic mass is 35.5. The Hall–Kier alpha value is -3.07. The number of rotatable bonds is 11. The van der Waals surface area contributed by atoms with Crippen LogP contribution in [0.5, 0.6) is 0 Å². The summed E-state index contributed by atoms with van der Waals surface area (Å²) in [5, 5.41) is 3.31. The van der Waals surface area contributed by atoms with Crippen molar-refractivity contribution < 1.29 is 18.0 Å². The first kappa shape index (κ1) is 30.5. The minimum Gasteiger partial charge on any atom is -0.352 e. The van der Waals surface area contributed by atoms with E-state index in [-0.39, 0.29) is 34.1 Å². The number of nitrogens with zero attached hydrogens (tertiary/aromatic N) is 2. The van der Waals surface area contributed by atoms with Gasteiger partial charge in [-0.3, -0.25) is 13.9 Å². The molecule has 7 nitrogen and oxygen atoms in total. The van der Waals surface area contributed by atoms with Gasteiger partial charge in [0.1, 0.15) is 12.6 Å². The van der Waals surface area contributed by atoms with Crippen LogP contribution in [0.15, 0.2) is 77.7 Å². The summed E-state index contributed by atoms with van der Waals surface area (Å²) in [7, 11) is -4.21. The van der Waals surface area contributed by atoms with Crippen LogP contribution >= 0.6 is 23.2 Å². The molecule has 3 rings (SSSR count). The maximum absolute atomic E-state index is 13.9. The molecule has 0 aliphatic heterocycles. The number of carbonyl (C=O) groups excluding carboxylic acids is 2. The molecule has 208 valence electrons. The number of halogens is 2. The van der Waals surface area contributed by atoms with Gasteiger partial charge in [0.25, 0.3) is 10.0 Å². The van der Waals surface area contributed by atoms with Gasteiger partial charge in [0.15, 0.2) is 0 Å². The standard InChI is InChI=1S/C29H33Cl2N3O4S/c1-5-21(3)32-29(36)22(4)33(18-23-11-9-10-20(2)16-23)28(35)19-34(27-15-14-24(30)17-26(27)31)39(37,38)25-12-7-6-8-13-25/h6-17,21-22H,5,18-19H2,1-4H3,(H,32,36). The number of hydrogen-bond acceptors (Lipinski definition) is 4. The smallest absolute Gasteiger partial charge is 0.264 e. The molecule has 0 bridgehead atoms. The lowest BCUT2D eigenvalue weighted by Gasteiger charge is -2.32. The van der Waals surface area contributed by atoms with Gasteiger partial charge in [-0.1, -0.05) is 78.2 Å². The summed E-state index contributed by atoms with van der Waals surface area (Å²) in [5.74, 6) is -0.888. The highest BCUT2D eigenvalue weighted by molar-refractivity contribution is 7.92. The topological polar surface area (TPSA) is 86.8 Å². The van der Waals surface area contributed by atoms with E-state index in [1.165, 1.54) is 35.2 Å². The molecule has 39 heavy (non-hydrogen) atoms. The Morgan fingerprint density at radius 3 is 2.26 bits per heavy atom. The van der Waals surface area contributed by atoms with Crippen molar-refractivity contribution in [3.63, 3.8) is 0 Å².